The lowest BCUT2D eigenvalue weighted by Crippen LogP contribution is -2.02. The Hall–Kier alpha value is -7.76. The van der Waals surface area contributed by atoms with Gasteiger partial charge < -0.3 is 8.98 Å². The summed E-state index contributed by atoms with van der Waals surface area (Å²) in [5.41, 5.74) is 11.3. The van der Waals surface area contributed by atoms with Crippen molar-refractivity contribution in [3.63, 3.8) is 0 Å². The second-order valence-corrected chi connectivity index (χ2v) is 14.6. The number of para-hydroxylation sites is 2. The van der Waals surface area contributed by atoms with Gasteiger partial charge in [-0.25, -0.2) is 4.98 Å². The Labute approximate surface area is 327 Å². The molecule has 0 radical (unpaired) electrons. The normalized spacial score (nSPS) is 11.9. The predicted octanol–water partition coefficient (Wildman–Crippen LogP) is 13.6. The van der Waals surface area contributed by atoms with Gasteiger partial charge in [-0.2, -0.15) is 4.98 Å². The Balaban J connectivity index is 1.11. The molecule has 0 N–H and O–H groups in total. The van der Waals surface area contributed by atoms with Gasteiger partial charge in [0.25, 0.3) is 0 Å². The molecule has 12 aromatic rings. The molecule has 4 aromatic heterocycles. The summed E-state index contributed by atoms with van der Waals surface area (Å²) in [7, 11) is 0. The minimum Gasteiger partial charge on any atom is -0.438 e. The number of benzene rings is 8. The van der Waals surface area contributed by atoms with Crippen LogP contribution in [0.2, 0.25) is 0 Å². The highest BCUT2D eigenvalue weighted by atomic mass is 16.3. The summed E-state index contributed by atoms with van der Waals surface area (Å²) in [6.45, 7) is 0. The van der Waals surface area contributed by atoms with Gasteiger partial charge >= 0.3 is 0 Å². The van der Waals surface area contributed by atoms with Crippen LogP contribution < -0.4 is 0 Å². The van der Waals surface area contributed by atoms with Crippen LogP contribution in [0, 0.1) is 0 Å². The van der Waals surface area contributed by atoms with Crippen LogP contribution in [-0.4, -0.2) is 19.1 Å². The summed E-state index contributed by atoms with van der Waals surface area (Å²) in [5, 5.41) is 8.01. The molecule has 0 spiro atoms. The highest BCUT2D eigenvalue weighted by molar-refractivity contribution is 6.22. The zero-order valence-electron chi connectivity index (χ0n) is 30.7. The van der Waals surface area contributed by atoms with E-state index in [1.165, 1.54) is 38.0 Å². The van der Waals surface area contributed by atoms with E-state index in [0.717, 1.165) is 61.2 Å². The average Bonchev–Trinajstić information content (AvgIpc) is 3.97. The molecule has 0 saturated carbocycles. The lowest BCUT2D eigenvalue weighted by molar-refractivity contribution is 0.616. The molecule has 8 aromatic carbocycles. The van der Waals surface area contributed by atoms with Crippen molar-refractivity contribution in [3.05, 3.63) is 194 Å². The molecule has 12 rings (SSSR count). The molecule has 0 aliphatic carbocycles. The highest BCUT2D eigenvalue weighted by Crippen LogP contribution is 2.41. The summed E-state index contributed by atoms with van der Waals surface area (Å²) in [6.07, 6.45) is 0. The Morgan fingerprint density at radius 1 is 0.368 bits per heavy atom. The fourth-order valence-corrected chi connectivity index (χ4v) is 8.76. The summed E-state index contributed by atoms with van der Waals surface area (Å²) in [5.74, 6) is 1.32. The summed E-state index contributed by atoms with van der Waals surface area (Å²) in [4.78, 5) is 10.5. The van der Waals surface area contributed by atoms with Gasteiger partial charge in [0.1, 0.15) is 5.76 Å². The van der Waals surface area contributed by atoms with Crippen LogP contribution >= 0.6 is 0 Å². The van der Waals surface area contributed by atoms with Crippen LogP contribution in [0.3, 0.4) is 0 Å². The van der Waals surface area contributed by atoms with E-state index < -0.39 is 0 Å². The van der Waals surface area contributed by atoms with Gasteiger partial charge in [-0.15, -0.1) is 0 Å². The molecule has 5 nitrogen and oxygen atoms in total. The molecule has 5 heteroatoms. The SMILES string of the molecule is c1ccc(-c2cc3c(-c4ccccc4)nc(-n4c5ccc(-c6ccc7c(c6)c6ccccc6n7-c6ccccc6)cc5c5c6ccccc6ccc54)nc3o2)cc1. The molecule has 0 aliphatic heterocycles. The number of fused-ring (bicyclic) bond motifs is 9. The number of furan rings is 1. The zero-order chi connectivity index (χ0) is 37.5. The molecule has 0 unspecified atom stereocenters. The van der Waals surface area contributed by atoms with E-state index in [0.29, 0.717) is 11.7 Å². The van der Waals surface area contributed by atoms with E-state index in [4.69, 9.17) is 14.4 Å². The van der Waals surface area contributed by atoms with E-state index in [9.17, 15) is 0 Å². The maximum Gasteiger partial charge on any atom is 0.238 e. The third-order valence-electron chi connectivity index (χ3n) is 11.4. The number of hydrogen-bond donors (Lipinski definition) is 0. The first-order valence-electron chi connectivity index (χ1n) is 19.2. The largest absolute Gasteiger partial charge is 0.438 e. The molecule has 0 saturated heterocycles. The maximum absolute atomic E-state index is 6.56. The summed E-state index contributed by atoms with van der Waals surface area (Å²) < 4.78 is 11.1. The van der Waals surface area contributed by atoms with Gasteiger partial charge in [0, 0.05) is 38.4 Å². The zero-order valence-corrected chi connectivity index (χ0v) is 30.7. The fraction of sp³-hybridized carbons (Fsp3) is 0. The first-order chi connectivity index (χ1) is 28.3. The smallest absolute Gasteiger partial charge is 0.238 e. The topological polar surface area (TPSA) is 48.8 Å². The van der Waals surface area contributed by atoms with Crippen molar-refractivity contribution in [3.8, 4) is 45.3 Å². The standard InChI is InChI=1S/C52H32N4O/c1-4-15-34(16-5-1)48-32-43-50(35-17-6-2-7-18-35)53-52(54-51(43)57-48)56-46-28-26-37(31-42(46)49-39-21-11-10-14-33(39)24-29-47(49)56)36-25-27-45-41(30-36)40-22-12-13-23-44(40)55(45)38-19-8-3-9-20-38/h1-32H. The molecule has 0 bridgehead atoms. The number of rotatable bonds is 5. The molecule has 0 atom stereocenters. The van der Waals surface area contributed by atoms with E-state index in [-0.39, 0.29) is 0 Å². The first kappa shape index (κ1) is 31.6. The van der Waals surface area contributed by atoms with Gasteiger partial charge in [-0.05, 0) is 76.5 Å². The number of aromatic nitrogens is 4. The van der Waals surface area contributed by atoms with E-state index in [2.05, 4.69) is 167 Å². The second-order valence-electron chi connectivity index (χ2n) is 14.6. The summed E-state index contributed by atoms with van der Waals surface area (Å²) in [6, 6.07) is 68.5. The van der Waals surface area contributed by atoms with Crippen molar-refractivity contribution in [2.45, 2.75) is 0 Å². The fourth-order valence-electron chi connectivity index (χ4n) is 8.76. The Bertz CT molecular complexity index is 3510. The van der Waals surface area contributed by atoms with Crippen LogP contribution in [-0.2, 0) is 0 Å². The molecule has 4 heterocycles. The lowest BCUT2D eigenvalue weighted by Gasteiger charge is -2.10. The minimum absolute atomic E-state index is 0.549. The molecule has 266 valence electrons. The highest BCUT2D eigenvalue weighted by Gasteiger charge is 2.22. The van der Waals surface area contributed by atoms with Crippen molar-refractivity contribution < 1.29 is 4.42 Å². The average molecular weight is 729 g/mol. The van der Waals surface area contributed by atoms with Gasteiger partial charge in [0.05, 0.1) is 33.1 Å². The molecule has 57 heavy (non-hydrogen) atoms. The van der Waals surface area contributed by atoms with Crippen molar-refractivity contribution in [2.24, 2.45) is 0 Å². The quantitative estimate of drug-likeness (QED) is 0.177. The Kier molecular flexibility index (Phi) is 6.86. The van der Waals surface area contributed by atoms with Gasteiger partial charge in [0.15, 0.2) is 0 Å². The van der Waals surface area contributed by atoms with Crippen LogP contribution in [0.15, 0.2) is 199 Å². The Morgan fingerprint density at radius 3 is 1.74 bits per heavy atom. The van der Waals surface area contributed by atoms with Gasteiger partial charge in [0.2, 0.25) is 11.7 Å². The number of nitrogens with zero attached hydrogens (tertiary/aromatic N) is 4. The maximum atomic E-state index is 6.56. The van der Waals surface area contributed by atoms with Crippen molar-refractivity contribution in [1.82, 2.24) is 19.1 Å². The van der Waals surface area contributed by atoms with Crippen molar-refractivity contribution in [2.75, 3.05) is 0 Å². The number of hydrogen-bond acceptors (Lipinski definition) is 3. The van der Waals surface area contributed by atoms with Crippen molar-refractivity contribution >= 4 is 65.5 Å². The third-order valence-corrected chi connectivity index (χ3v) is 11.4. The molecular weight excluding hydrogens is 697 g/mol. The molecule has 0 aliphatic rings. The van der Waals surface area contributed by atoms with Crippen LogP contribution in [0.4, 0.5) is 0 Å². The van der Waals surface area contributed by atoms with E-state index in [1.807, 2.05) is 36.4 Å². The molecule has 0 fully saturated rings. The predicted molar refractivity (Wildman–Crippen MR) is 234 cm³/mol. The van der Waals surface area contributed by atoms with Crippen molar-refractivity contribution in [1.29, 1.82) is 0 Å². The first-order valence-corrected chi connectivity index (χ1v) is 19.2. The molecular formula is C52H32N4O. The van der Waals surface area contributed by atoms with Crippen LogP contribution in [0.25, 0.3) is 111 Å². The lowest BCUT2D eigenvalue weighted by atomic mass is 9.99. The summed E-state index contributed by atoms with van der Waals surface area (Å²) >= 11 is 0. The third kappa shape index (κ3) is 4.89. The minimum atomic E-state index is 0.549. The van der Waals surface area contributed by atoms with Gasteiger partial charge in [-0.3, -0.25) is 4.57 Å². The Morgan fingerprint density at radius 2 is 0.965 bits per heavy atom. The van der Waals surface area contributed by atoms with E-state index >= 15 is 0 Å². The second kappa shape index (κ2) is 12.4. The van der Waals surface area contributed by atoms with Crippen LogP contribution in [0.5, 0.6) is 0 Å². The van der Waals surface area contributed by atoms with Crippen LogP contribution in [0.1, 0.15) is 0 Å². The molecule has 0 amide bonds. The van der Waals surface area contributed by atoms with Gasteiger partial charge in [-0.1, -0.05) is 140 Å². The monoisotopic (exact) mass is 728 g/mol. The van der Waals surface area contributed by atoms with E-state index in [1.54, 1.807) is 0 Å².